The van der Waals surface area contributed by atoms with Gasteiger partial charge in [0.05, 0.1) is 0 Å². The molecule has 2 aromatic rings. The van der Waals surface area contributed by atoms with Crippen molar-refractivity contribution in [1.82, 2.24) is 19.3 Å². The largest absolute Gasteiger partial charge is 0.430 e. The van der Waals surface area contributed by atoms with E-state index in [-0.39, 0.29) is 42.3 Å². The van der Waals surface area contributed by atoms with Crippen LogP contribution in [0.4, 0.5) is 32.3 Å². The Morgan fingerprint density at radius 2 is 1.65 bits per heavy atom. The number of aliphatic hydroxyl groups is 1. The van der Waals surface area contributed by atoms with E-state index in [2.05, 4.69) is 15.0 Å². The zero-order chi connectivity index (χ0) is 23.2. The number of rotatable bonds is 4. The molecule has 0 radical (unpaired) electrons. The number of thiazole rings is 1. The van der Waals surface area contributed by atoms with Crippen LogP contribution in [-0.4, -0.2) is 70.8 Å². The van der Waals surface area contributed by atoms with Crippen molar-refractivity contribution in [2.24, 2.45) is 0 Å². The standard InChI is InChI=1S/C15H15F6N5O3S2/c1-9-8-25(31(28,29)12-22-2-5-30-12)3-4-26(9)11-23-6-10(7-24-11)13(27,14(16,17)18)15(19,20)21/h2,5-7,9,27H,3-4,8H2,1H3/t9-/m0/s1. The fourth-order valence-corrected chi connectivity index (χ4v) is 5.51. The summed E-state index contributed by atoms with van der Waals surface area (Å²) in [5, 5.41) is 10.9. The maximum absolute atomic E-state index is 13.0. The first-order valence-corrected chi connectivity index (χ1v) is 10.9. The first-order chi connectivity index (χ1) is 14.2. The lowest BCUT2D eigenvalue weighted by Crippen LogP contribution is -2.55. The Labute approximate surface area is 176 Å². The molecule has 16 heteroatoms. The third-order valence-corrected chi connectivity index (χ3v) is 7.74. The van der Waals surface area contributed by atoms with Crippen LogP contribution in [0, 0.1) is 0 Å². The number of piperazine rings is 1. The molecule has 3 heterocycles. The van der Waals surface area contributed by atoms with E-state index in [1.54, 1.807) is 6.92 Å². The van der Waals surface area contributed by atoms with Gasteiger partial charge < -0.3 is 10.0 Å². The minimum atomic E-state index is -6.04. The molecule has 8 nitrogen and oxygen atoms in total. The number of aromatic nitrogens is 3. The van der Waals surface area contributed by atoms with Crippen LogP contribution in [0.1, 0.15) is 12.5 Å². The van der Waals surface area contributed by atoms with E-state index >= 15 is 0 Å². The Hall–Kier alpha value is -2.04. The topological polar surface area (TPSA) is 99.5 Å². The van der Waals surface area contributed by atoms with E-state index < -0.39 is 39.6 Å². The molecular weight excluding hydrogens is 476 g/mol. The number of alkyl halides is 6. The summed E-state index contributed by atoms with van der Waals surface area (Å²) < 4.78 is 104. The summed E-state index contributed by atoms with van der Waals surface area (Å²) in [4.78, 5) is 12.3. The van der Waals surface area contributed by atoms with Gasteiger partial charge in [-0.1, -0.05) is 0 Å². The molecule has 0 saturated carbocycles. The van der Waals surface area contributed by atoms with Gasteiger partial charge in [-0.05, 0) is 6.92 Å². The van der Waals surface area contributed by atoms with Crippen LogP contribution in [0.15, 0.2) is 28.3 Å². The van der Waals surface area contributed by atoms with E-state index in [0.717, 1.165) is 11.3 Å². The van der Waals surface area contributed by atoms with Gasteiger partial charge in [0, 0.05) is 55.2 Å². The minimum absolute atomic E-state index is 0.0214. The van der Waals surface area contributed by atoms with Gasteiger partial charge in [0.2, 0.25) is 10.3 Å². The van der Waals surface area contributed by atoms with Crippen molar-refractivity contribution in [1.29, 1.82) is 0 Å². The van der Waals surface area contributed by atoms with Crippen molar-refractivity contribution in [2.45, 2.75) is 35.3 Å². The fraction of sp³-hybridized carbons (Fsp3) is 0.533. The predicted octanol–water partition coefficient (Wildman–Crippen LogP) is 2.14. The normalized spacial score (nSPS) is 19.6. The molecular formula is C15H15F6N5O3S2. The highest BCUT2D eigenvalue weighted by Gasteiger charge is 2.71. The Morgan fingerprint density at radius 1 is 1.06 bits per heavy atom. The van der Waals surface area contributed by atoms with E-state index in [0.29, 0.717) is 0 Å². The summed E-state index contributed by atoms with van der Waals surface area (Å²) >= 11 is 0.943. The van der Waals surface area contributed by atoms with E-state index in [9.17, 15) is 39.9 Å². The van der Waals surface area contributed by atoms with Crippen LogP contribution in [0.2, 0.25) is 0 Å². The van der Waals surface area contributed by atoms with Crippen molar-refractivity contribution in [2.75, 3.05) is 24.5 Å². The number of hydrogen-bond acceptors (Lipinski definition) is 8. The lowest BCUT2D eigenvalue weighted by Gasteiger charge is -2.39. The number of nitrogens with zero attached hydrogens (tertiary/aromatic N) is 5. The van der Waals surface area contributed by atoms with Gasteiger partial charge in [-0.25, -0.2) is 23.4 Å². The molecule has 0 spiro atoms. The zero-order valence-electron chi connectivity index (χ0n) is 15.6. The molecule has 1 fully saturated rings. The number of sulfonamides is 1. The van der Waals surface area contributed by atoms with Gasteiger partial charge in [0.1, 0.15) is 0 Å². The molecule has 0 bridgehead atoms. The van der Waals surface area contributed by atoms with Gasteiger partial charge in [0.15, 0.2) is 0 Å². The van der Waals surface area contributed by atoms with Crippen LogP contribution < -0.4 is 4.90 Å². The second-order valence-electron chi connectivity index (χ2n) is 6.68. The SMILES string of the molecule is C[C@H]1CN(S(=O)(=O)c2nccs2)CCN1c1ncc(C(O)(C(F)(F)F)C(F)(F)F)cn1. The van der Waals surface area contributed by atoms with Crippen LogP contribution in [-0.2, 0) is 15.6 Å². The van der Waals surface area contributed by atoms with E-state index in [1.165, 1.54) is 20.8 Å². The third kappa shape index (κ3) is 4.08. The Kier molecular flexibility index (Phi) is 5.96. The molecule has 0 amide bonds. The highest BCUT2D eigenvalue weighted by atomic mass is 32.2. The van der Waals surface area contributed by atoms with E-state index in [4.69, 9.17) is 0 Å². The first-order valence-electron chi connectivity index (χ1n) is 8.54. The third-order valence-electron chi connectivity index (χ3n) is 4.69. The van der Waals surface area contributed by atoms with Crippen molar-refractivity contribution in [3.63, 3.8) is 0 Å². The van der Waals surface area contributed by atoms with Crippen LogP contribution >= 0.6 is 11.3 Å². The van der Waals surface area contributed by atoms with Gasteiger partial charge in [-0.2, -0.15) is 30.6 Å². The summed E-state index contributed by atoms with van der Waals surface area (Å²) in [5.74, 6) is -0.200. The van der Waals surface area contributed by atoms with Crippen molar-refractivity contribution < 1.29 is 39.9 Å². The summed E-state index contributed by atoms with van der Waals surface area (Å²) in [6, 6.07) is -0.543. The quantitative estimate of drug-likeness (QED) is 0.655. The Balaban J connectivity index is 1.81. The first kappa shape index (κ1) is 23.6. The smallest absolute Gasteiger partial charge is 0.369 e. The highest BCUT2D eigenvalue weighted by molar-refractivity contribution is 7.91. The fourth-order valence-electron chi connectivity index (χ4n) is 3.03. The molecule has 1 saturated heterocycles. The van der Waals surface area contributed by atoms with Crippen molar-refractivity contribution in [3.8, 4) is 0 Å². The molecule has 1 atom stereocenters. The number of hydrogen-bond donors (Lipinski definition) is 1. The molecule has 0 aliphatic carbocycles. The van der Waals surface area contributed by atoms with Gasteiger partial charge >= 0.3 is 12.4 Å². The number of halogens is 6. The number of anilines is 1. The van der Waals surface area contributed by atoms with Gasteiger partial charge in [0.25, 0.3) is 15.6 Å². The average Bonchev–Trinajstić information content (AvgIpc) is 3.21. The van der Waals surface area contributed by atoms with Gasteiger partial charge in [-0.15, -0.1) is 11.3 Å². The Bertz CT molecular complexity index is 997. The molecule has 1 aliphatic heterocycles. The summed E-state index contributed by atoms with van der Waals surface area (Å²) in [6.07, 6.45) is -10.2. The minimum Gasteiger partial charge on any atom is -0.369 e. The van der Waals surface area contributed by atoms with Gasteiger partial charge in [-0.3, -0.25) is 0 Å². The van der Waals surface area contributed by atoms with Crippen LogP contribution in [0.3, 0.4) is 0 Å². The average molecular weight is 491 g/mol. The molecule has 2 aromatic heterocycles. The molecule has 3 rings (SSSR count). The summed E-state index contributed by atoms with van der Waals surface area (Å²) in [7, 11) is -3.83. The van der Waals surface area contributed by atoms with Crippen molar-refractivity contribution >= 4 is 27.3 Å². The lowest BCUT2D eigenvalue weighted by molar-refractivity contribution is -0.376. The second-order valence-corrected chi connectivity index (χ2v) is 9.69. The molecule has 1 aliphatic rings. The van der Waals surface area contributed by atoms with E-state index in [1.807, 2.05) is 0 Å². The maximum atomic E-state index is 13.0. The summed E-state index contributed by atoms with van der Waals surface area (Å²) in [6.45, 7) is 1.59. The predicted molar refractivity (Wildman–Crippen MR) is 95.7 cm³/mol. The van der Waals surface area contributed by atoms with Crippen LogP contribution in [0.25, 0.3) is 0 Å². The molecule has 172 valence electrons. The summed E-state index contributed by atoms with van der Waals surface area (Å²) in [5.41, 5.74) is -6.70. The molecule has 1 N–H and O–H groups in total. The maximum Gasteiger partial charge on any atom is 0.430 e. The Morgan fingerprint density at radius 3 is 2.10 bits per heavy atom. The zero-order valence-corrected chi connectivity index (χ0v) is 17.2. The highest BCUT2D eigenvalue weighted by Crippen LogP contribution is 2.49. The van der Waals surface area contributed by atoms with Crippen molar-refractivity contribution in [3.05, 3.63) is 29.5 Å². The lowest BCUT2D eigenvalue weighted by atomic mass is 9.95. The monoisotopic (exact) mass is 491 g/mol. The molecule has 31 heavy (non-hydrogen) atoms. The van der Waals surface area contributed by atoms with Crippen LogP contribution in [0.5, 0.6) is 0 Å². The second kappa shape index (κ2) is 7.83. The molecule has 0 unspecified atom stereocenters. The molecule has 0 aromatic carbocycles.